The Bertz CT molecular complexity index is 824. The summed E-state index contributed by atoms with van der Waals surface area (Å²) in [5.74, 6) is 0. The fraction of sp³-hybridized carbons (Fsp3) is 0.650. The molecule has 0 amide bonds. The highest BCUT2D eigenvalue weighted by Crippen LogP contribution is 2.26. The molecule has 1 aromatic heterocycles. The summed E-state index contributed by atoms with van der Waals surface area (Å²) in [6, 6.07) is 5.64. The van der Waals surface area contributed by atoms with Gasteiger partial charge in [0.25, 0.3) is 0 Å². The maximum absolute atomic E-state index is 10.6. The first-order valence-corrected chi connectivity index (χ1v) is 13.4. The molecule has 1 unspecified atom stereocenters. The van der Waals surface area contributed by atoms with Crippen molar-refractivity contribution in [1.29, 1.82) is 0 Å². The van der Waals surface area contributed by atoms with Crippen molar-refractivity contribution in [2.24, 2.45) is 0 Å². The zero-order valence-corrected chi connectivity index (χ0v) is 19.7. The molecule has 0 aliphatic rings. The highest BCUT2D eigenvalue weighted by Gasteiger charge is 2.39. The standard InChI is InChI=1S/C20H35BN2O4Si/c1-14-17-12-16(21(25)27-20(5,6)19(3,4)24)10-11-18(17)23(22-14)13-26-15(2)28(7,8)9/h10-12,15,24-25H,13H2,1-9H3. The van der Waals surface area contributed by atoms with Crippen molar-refractivity contribution >= 4 is 31.6 Å². The Hall–Kier alpha value is -1.19. The lowest BCUT2D eigenvalue weighted by Crippen LogP contribution is -2.53. The molecule has 0 aliphatic carbocycles. The zero-order valence-electron chi connectivity index (χ0n) is 18.7. The molecule has 1 atom stereocenters. The molecule has 1 heterocycles. The van der Waals surface area contributed by atoms with E-state index >= 15 is 0 Å². The lowest BCUT2D eigenvalue weighted by Gasteiger charge is -2.38. The van der Waals surface area contributed by atoms with Crippen molar-refractivity contribution in [2.75, 3.05) is 0 Å². The van der Waals surface area contributed by atoms with Crippen LogP contribution in [0.3, 0.4) is 0 Å². The predicted octanol–water partition coefficient (Wildman–Crippen LogP) is 2.84. The number of fused-ring (bicyclic) bond motifs is 1. The smallest absolute Gasteiger partial charge is 0.423 e. The second-order valence-electron chi connectivity index (χ2n) is 9.71. The van der Waals surface area contributed by atoms with Crippen LogP contribution in [-0.4, -0.2) is 52.0 Å². The van der Waals surface area contributed by atoms with E-state index in [9.17, 15) is 10.1 Å². The van der Waals surface area contributed by atoms with E-state index in [1.54, 1.807) is 27.7 Å². The van der Waals surface area contributed by atoms with Crippen molar-refractivity contribution < 1.29 is 19.5 Å². The van der Waals surface area contributed by atoms with Gasteiger partial charge in [0.05, 0.1) is 30.5 Å². The lowest BCUT2D eigenvalue weighted by atomic mass is 9.76. The number of rotatable bonds is 8. The monoisotopic (exact) mass is 406 g/mol. The Balaban J connectivity index is 2.24. The van der Waals surface area contributed by atoms with Crippen LogP contribution in [0.4, 0.5) is 0 Å². The third-order valence-electron chi connectivity index (χ3n) is 5.79. The summed E-state index contributed by atoms with van der Waals surface area (Å²) >= 11 is 0. The van der Waals surface area contributed by atoms with Crippen LogP contribution in [0.1, 0.15) is 40.3 Å². The largest absolute Gasteiger partial charge is 0.491 e. The second-order valence-corrected chi connectivity index (χ2v) is 15.3. The predicted molar refractivity (Wildman–Crippen MR) is 117 cm³/mol. The number of hydrogen-bond donors (Lipinski definition) is 2. The van der Waals surface area contributed by atoms with Crippen LogP contribution < -0.4 is 5.46 Å². The van der Waals surface area contributed by atoms with Gasteiger partial charge in [-0.25, -0.2) is 4.68 Å². The van der Waals surface area contributed by atoms with Gasteiger partial charge in [-0.2, -0.15) is 5.10 Å². The van der Waals surface area contributed by atoms with Gasteiger partial charge in [-0.3, -0.25) is 0 Å². The van der Waals surface area contributed by atoms with Crippen molar-refractivity contribution in [3.05, 3.63) is 23.9 Å². The Morgan fingerprint density at radius 3 is 2.36 bits per heavy atom. The number of nitrogens with zero attached hydrogens (tertiary/aromatic N) is 2. The second kappa shape index (κ2) is 7.91. The van der Waals surface area contributed by atoms with Crippen molar-refractivity contribution in [3.8, 4) is 0 Å². The van der Waals surface area contributed by atoms with Crippen LogP contribution in [0.2, 0.25) is 19.6 Å². The van der Waals surface area contributed by atoms with E-state index in [1.165, 1.54) is 0 Å². The van der Waals surface area contributed by atoms with Crippen LogP contribution in [0.5, 0.6) is 0 Å². The summed E-state index contributed by atoms with van der Waals surface area (Å²) < 4.78 is 13.7. The normalized spacial score (nSPS) is 14.5. The minimum atomic E-state index is -1.37. The van der Waals surface area contributed by atoms with Crippen LogP contribution in [0.15, 0.2) is 18.2 Å². The summed E-state index contributed by atoms with van der Waals surface area (Å²) in [5, 5.41) is 26.4. The van der Waals surface area contributed by atoms with Gasteiger partial charge in [0.2, 0.25) is 0 Å². The molecule has 0 spiro atoms. The summed E-state index contributed by atoms with van der Waals surface area (Å²) in [4.78, 5) is 0. The quantitative estimate of drug-likeness (QED) is 0.660. The topological polar surface area (TPSA) is 76.7 Å². The minimum Gasteiger partial charge on any atom is -0.423 e. The molecule has 0 aliphatic heterocycles. The van der Waals surface area contributed by atoms with Gasteiger partial charge >= 0.3 is 7.12 Å². The number of aryl methyl sites for hydroxylation is 1. The third kappa shape index (κ3) is 5.04. The molecule has 0 radical (unpaired) electrons. The van der Waals surface area contributed by atoms with Crippen molar-refractivity contribution in [3.63, 3.8) is 0 Å². The first-order valence-electron chi connectivity index (χ1n) is 9.80. The zero-order chi connectivity index (χ0) is 21.5. The van der Waals surface area contributed by atoms with E-state index in [0.717, 1.165) is 16.6 Å². The molecular weight excluding hydrogens is 371 g/mol. The molecule has 2 N–H and O–H groups in total. The van der Waals surface area contributed by atoms with Crippen molar-refractivity contribution in [2.45, 2.75) is 84.8 Å². The third-order valence-corrected chi connectivity index (χ3v) is 8.40. The Labute approximate surface area is 170 Å². The molecule has 28 heavy (non-hydrogen) atoms. The molecule has 2 aromatic rings. The molecule has 0 bridgehead atoms. The van der Waals surface area contributed by atoms with Gasteiger partial charge < -0.3 is 19.5 Å². The first kappa shape index (κ1) is 23.1. The van der Waals surface area contributed by atoms with E-state index in [0.29, 0.717) is 12.2 Å². The molecule has 6 nitrogen and oxygen atoms in total. The van der Waals surface area contributed by atoms with Crippen LogP contribution >= 0.6 is 0 Å². The van der Waals surface area contributed by atoms with E-state index in [2.05, 4.69) is 31.7 Å². The number of aliphatic hydroxyl groups is 1. The van der Waals surface area contributed by atoms with Gasteiger partial charge in [0.1, 0.15) is 6.73 Å². The van der Waals surface area contributed by atoms with Crippen LogP contribution in [0, 0.1) is 6.92 Å². The Kier molecular flexibility index (Phi) is 6.53. The van der Waals surface area contributed by atoms with Gasteiger partial charge in [-0.15, -0.1) is 0 Å². The molecule has 0 fully saturated rings. The molecule has 156 valence electrons. The van der Waals surface area contributed by atoms with E-state index in [4.69, 9.17) is 9.39 Å². The van der Waals surface area contributed by atoms with Gasteiger partial charge in [0.15, 0.2) is 0 Å². The van der Waals surface area contributed by atoms with Gasteiger partial charge in [-0.1, -0.05) is 31.8 Å². The van der Waals surface area contributed by atoms with Crippen molar-refractivity contribution in [1.82, 2.24) is 9.78 Å². The summed E-state index contributed by atoms with van der Waals surface area (Å²) in [6.45, 7) is 18.2. The number of benzene rings is 1. The molecule has 0 saturated carbocycles. The fourth-order valence-electron chi connectivity index (χ4n) is 2.53. The average Bonchev–Trinajstić information content (AvgIpc) is 2.86. The molecule has 1 aromatic carbocycles. The molecular formula is C20H35BN2O4Si. The molecule has 2 rings (SSSR count). The van der Waals surface area contributed by atoms with Gasteiger partial charge in [-0.05, 0) is 53.1 Å². The Morgan fingerprint density at radius 2 is 1.82 bits per heavy atom. The van der Waals surface area contributed by atoms with Gasteiger partial charge in [0, 0.05) is 11.1 Å². The summed E-state index contributed by atoms with van der Waals surface area (Å²) in [7, 11) is -2.51. The maximum atomic E-state index is 10.6. The highest BCUT2D eigenvalue weighted by atomic mass is 28.3. The summed E-state index contributed by atoms with van der Waals surface area (Å²) in [6.07, 6.45) is 0. The van der Waals surface area contributed by atoms with Crippen LogP contribution in [-0.2, 0) is 16.1 Å². The lowest BCUT2D eigenvalue weighted by molar-refractivity contribution is -0.0982. The summed E-state index contributed by atoms with van der Waals surface area (Å²) in [5.41, 5.74) is 0.674. The van der Waals surface area contributed by atoms with E-state index in [1.807, 2.05) is 29.8 Å². The van der Waals surface area contributed by atoms with Crippen LogP contribution in [0.25, 0.3) is 10.9 Å². The highest BCUT2D eigenvalue weighted by molar-refractivity contribution is 6.77. The number of aromatic nitrogens is 2. The maximum Gasteiger partial charge on any atom is 0.491 e. The van der Waals surface area contributed by atoms with E-state index < -0.39 is 26.4 Å². The SMILES string of the molecule is Cc1nn(COC(C)[Si](C)(C)C)c2ccc(B(O)OC(C)(C)C(C)(C)O)cc12. The first-order chi connectivity index (χ1) is 12.6. The molecule has 0 saturated heterocycles. The fourth-order valence-corrected chi connectivity index (χ4v) is 3.11. The Morgan fingerprint density at radius 1 is 1.21 bits per heavy atom. The van der Waals surface area contributed by atoms with E-state index in [-0.39, 0.29) is 5.73 Å². The minimum absolute atomic E-state index is 0.227. The number of ether oxygens (including phenoxy) is 1. The number of hydrogen-bond acceptors (Lipinski definition) is 5. The average molecular weight is 406 g/mol. The molecule has 8 heteroatoms.